The molecular formula is C28H30Cl2N4O3. The molecule has 7 nitrogen and oxygen atoms in total. The first kappa shape index (κ1) is 26.6. The van der Waals surface area contributed by atoms with Crippen LogP contribution >= 0.6 is 23.2 Å². The number of piperazine rings is 1. The molecule has 1 heterocycles. The molecule has 2 amide bonds. The van der Waals surface area contributed by atoms with Crippen molar-refractivity contribution in [1.82, 2.24) is 5.32 Å². The van der Waals surface area contributed by atoms with E-state index in [0.29, 0.717) is 28.4 Å². The van der Waals surface area contributed by atoms with Crippen LogP contribution in [0.25, 0.3) is 0 Å². The van der Waals surface area contributed by atoms with Gasteiger partial charge in [-0.05, 0) is 55.0 Å². The van der Waals surface area contributed by atoms with E-state index in [9.17, 15) is 9.59 Å². The molecular weight excluding hydrogens is 511 g/mol. The number of benzene rings is 3. The molecule has 2 N–H and O–H groups in total. The van der Waals surface area contributed by atoms with E-state index in [2.05, 4.69) is 26.5 Å². The molecule has 1 fully saturated rings. The molecule has 3 aromatic rings. The number of hydrogen-bond donors (Lipinski definition) is 2. The summed E-state index contributed by atoms with van der Waals surface area (Å²) < 4.78 is 5.53. The van der Waals surface area contributed by atoms with Crippen LogP contribution in [0.5, 0.6) is 5.75 Å². The molecule has 37 heavy (non-hydrogen) atoms. The number of ether oxygens (including phenoxy) is 1. The monoisotopic (exact) mass is 540 g/mol. The maximum atomic E-state index is 13.1. The van der Waals surface area contributed by atoms with Crippen molar-refractivity contribution < 1.29 is 14.3 Å². The van der Waals surface area contributed by atoms with Gasteiger partial charge in [0.2, 0.25) is 0 Å². The second-order valence-electron chi connectivity index (χ2n) is 8.71. The summed E-state index contributed by atoms with van der Waals surface area (Å²) in [5.41, 5.74) is 3.22. The van der Waals surface area contributed by atoms with Gasteiger partial charge in [0.15, 0.2) is 0 Å². The van der Waals surface area contributed by atoms with Crippen LogP contribution in [-0.4, -0.2) is 51.6 Å². The quantitative estimate of drug-likeness (QED) is 0.382. The van der Waals surface area contributed by atoms with E-state index >= 15 is 0 Å². The lowest BCUT2D eigenvalue weighted by Crippen LogP contribution is -2.47. The number of halogens is 2. The highest BCUT2D eigenvalue weighted by Crippen LogP contribution is 2.31. The van der Waals surface area contributed by atoms with Crippen LogP contribution in [0.2, 0.25) is 10.0 Å². The van der Waals surface area contributed by atoms with Crippen molar-refractivity contribution in [1.29, 1.82) is 0 Å². The summed E-state index contributed by atoms with van der Waals surface area (Å²) in [6, 6.07) is 18.1. The smallest absolute Gasteiger partial charge is 0.257 e. The van der Waals surface area contributed by atoms with Gasteiger partial charge < -0.3 is 25.2 Å². The molecule has 1 saturated heterocycles. The van der Waals surface area contributed by atoms with Gasteiger partial charge in [-0.2, -0.15) is 0 Å². The number of nitrogens with one attached hydrogen (secondary N) is 2. The highest BCUT2D eigenvalue weighted by atomic mass is 35.5. The minimum absolute atomic E-state index is 0.176. The molecule has 0 unspecified atom stereocenters. The largest absolute Gasteiger partial charge is 0.495 e. The fourth-order valence-electron chi connectivity index (χ4n) is 4.36. The van der Waals surface area contributed by atoms with Crippen molar-refractivity contribution in [3.63, 3.8) is 0 Å². The predicted octanol–water partition coefficient (Wildman–Crippen LogP) is 5.72. The SMILES string of the molecule is CCCNC(=O)c1cc(NC(=O)c2ccc(Cl)cc2Cl)ccc1N1CCN(c2ccccc2OC)CC1. The highest BCUT2D eigenvalue weighted by Gasteiger charge is 2.24. The summed E-state index contributed by atoms with van der Waals surface area (Å²) in [6.07, 6.45) is 0.824. The molecule has 4 rings (SSSR count). The van der Waals surface area contributed by atoms with Crippen LogP contribution in [0.1, 0.15) is 34.1 Å². The first-order valence-electron chi connectivity index (χ1n) is 12.2. The zero-order valence-electron chi connectivity index (χ0n) is 20.9. The zero-order valence-corrected chi connectivity index (χ0v) is 22.4. The van der Waals surface area contributed by atoms with Gasteiger partial charge in [-0.1, -0.05) is 42.3 Å². The van der Waals surface area contributed by atoms with Gasteiger partial charge >= 0.3 is 0 Å². The van der Waals surface area contributed by atoms with Gasteiger partial charge in [0.1, 0.15) is 5.75 Å². The third-order valence-electron chi connectivity index (χ3n) is 6.26. The third kappa shape index (κ3) is 6.29. The summed E-state index contributed by atoms with van der Waals surface area (Å²) in [5.74, 6) is 0.292. The van der Waals surface area contributed by atoms with E-state index in [1.165, 1.54) is 6.07 Å². The maximum absolute atomic E-state index is 13.1. The molecule has 0 atom stereocenters. The Balaban J connectivity index is 1.55. The van der Waals surface area contributed by atoms with E-state index in [-0.39, 0.29) is 16.8 Å². The Morgan fingerprint density at radius 2 is 1.57 bits per heavy atom. The number of anilines is 3. The van der Waals surface area contributed by atoms with Crippen LogP contribution in [0.15, 0.2) is 60.7 Å². The van der Waals surface area contributed by atoms with Crippen molar-refractivity contribution >= 4 is 52.1 Å². The van der Waals surface area contributed by atoms with E-state index in [1.54, 1.807) is 31.4 Å². The van der Waals surface area contributed by atoms with Crippen molar-refractivity contribution in [3.05, 3.63) is 81.8 Å². The van der Waals surface area contributed by atoms with Crippen LogP contribution in [-0.2, 0) is 0 Å². The van der Waals surface area contributed by atoms with Crippen LogP contribution in [0.4, 0.5) is 17.1 Å². The highest BCUT2D eigenvalue weighted by molar-refractivity contribution is 6.37. The second-order valence-corrected chi connectivity index (χ2v) is 9.56. The summed E-state index contributed by atoms with van der Waals surface area (Å²) in [5, 5.41) is 6.53. The fraction of sp³-hybridized carbons (Fsp3) is 0.286. The van der Waals surface area contributed by atoms with Crippen molar-refractivity contribution in [2.45, 2.75) is 13.3 Å². The van der Waals surface area contributed by atoms with Crippen LogP contribution in [0, 0.1) is 0 Å². The van der Waals surface area contributed by atoms with E-state index in [4.69, 9.17) is 27.9 Å². The average molecular weight is 541 g/mol. The van der Waals surface area contributed by atoms with Gasteiger partial charge in [-0.3, -0.25) is 9.59 Å². The topological polar surface area (TPSA) is 73.9 Å². The van der Waals surface area contributed by atoms with E-state index in [1.807, 2.05) is 31.2 Å². The van der Waals surface area contributed by atoms with Gasteiger partial charge in [-0.25, -0.2) is 0 Å². The summed E-state index contributed by atoms with van der Waals surface area (Å²) in [7, 11) is 1.68. The number of methoxy groups -OCH3 is 1. The van der Waals surface area contributed by atoms with Gasteiger partial charge in [0, 0.05) is 49.1 Å². The Morgan fingerprint density at radius 3 is 2.24 bits per heavy atom. The third-order valence-corrected chi connectivity index (χ3v) is 6.80. The molecule has 9 heteroatoms. The Kier molecular flexibility index (Phi) is 8.79. The van der Waals surface area contributed by atoms with E-state index < -0.39 is 0 Å². The number of amides is 2. The van der Waals surface area contributed by atoms with Gasteiger partial charge in [-0.15, -0.1) is 0 Å². The van der Waals surface area contributed by atoms with Gasteiger partial charge in [0.25, 0.3) is 11.8 Å². The molecule has 194 valence electrons. The minimum Gasteiger partial charge on any atom is -0.495 e. The lowest BCUT2D eigenvalue weighted by Gasteiger charge is -2.38. The van der Waals surface area contributed by atoms with Crippen LogP contribution < -0.4 is 25.2 Å². The molecule has 1 aliphatic heterocycles. The predicted molar refractivity (Wildman–Crippen MR) is 151 cm³/mol. The van der Waals surface area contributed by atoms with Crippen molar-refractivity contribution in [3.8, 4) is 5.75 Å². The fourth-order valence-corrected chi connectivity index (χ4v) is 4.85. The Bertz CT molecular complexity index is 1280. The standard InChI is InChI=1S/C28H30Cl2N4O3/c1-3-12-31-27(35)22-18-20(32-28(36)21-10-8-19(29)17-23(21)30)9-11-24(22)33-13-15-34(16-14-33)25-6-4-5-7-26(25)37-2/h4-11,17-18H,3,12-16H2,1-2H3,(H,31,35)(H,32,36). The zero-order chi connectivity index (χ0) is 26.4. The summed E-state index contributed by atoms with van der Waals surface area (Å²) in [6.45, 7) is 5.60. The number of nitrogens with zero attached hydrogens (tertiary/aromatic N) is 2. The average Bonchev–Trinajstić information content (AvgIpc) is 2.91. The van der Waals surface area contributed by atoms with Crippen molar-refractivity contribution in [2.24, 2.45) is 0 Å². The molecule has 0 spiro atoms. The number of rotatable bonds is 8. The normalized spacial score (nSPS) is 13.3. The number of carbonyl (C=O) groups excluding carboxylic acids is 2. The molecule has 3 aromatic carbocycles. The number of para-hydroxylation sites is 2. The lowest BCUT2D eigenvalue weighted by atomic mass is 10.1. The maximum Gasteiger partial charge on any atom is 0.257 e. The summed E-state index contributed by atoms with van der Waals surface area (Å²) in [4.78, 5) is 30.5. The lowest BCUT2D eigenvalue weighted by molar-refractivity contribution is 0.0952. The minimum atomic E-state index is -0.375. The second kappa shape index (κ2) is 12.2. The Morgan fingerprint density at radius 1 is 0.865 bits per heavy atom. The van der Waals surface area contributed by atoms with Crippen LogP contribution in [0.3, 0.4) is 0 Å². The number of hydrogen-bond acceptors (Lipinski definition) is 5. The number of carbonyl (C=O) groups is 2. The van der Waals surface area contributed by atoms with Gasteiger partial charge in [0.05, 0.1) is 28.9 Å². The first-order valence-corrected chi connectivity index (χ1v) is 13.0. The Labute approximate surface area is 227 Å². The van der Waals surface area contributed by atoms with Crippen molar-refractivity contribution in [2.75, 3.05) is 55.0 Å². The molecule has 0 aromatic heterocycles. The Hall–Kier alpha value is -3.42. The molecule has 1 aliphatic rings. The molecule has 0 radical (unpaired) electrons. The van der Waals surface area contributed by atoms with E-state index in [0.717, 1.165) is 49.7 Å². The molecule has 0 saturated carbocycles. The first-order chi connectivity index (χ1) is 17.9. The molecule has 0 bridgehead atoms. The molecule has 0 aliphatic carbocycles. The summed E-state index contributed by atoms with van der Waals surface area (Å²) >= 11 is 12.2.